The minimum absolute atomic E-state index is 0.0573. The molecule has 0 aliphatic rings. The predicted octanol–water partition coefficient (Wildman–Crippen LogP) is 1.67. The van der Waals surface area contributed by atoms with Crippen LogP contribution in [0.2, 0.25) is 0 Å². The molecule has 0 aromatic heterocycles. The molecule has 0 rings (SSSR count). The van der Waals surface area contributed by atoms with Crippen LogP contribution in [0.3, 0.4) is 0 Å². The van der Waals surface area contributed by atoms with Crippen LogP contribution in [0.15, 0.2) is 0 Å². The van der Waals surface area contributed by atoms with E-state index in [2.05, 4.69) is 0 Å². The summed E-state index contributed by atoms with van der Waals surface area (Å²) in [5.41, 5.74) is -0.729. The van der Waals surface area contributed by atoms with Crippen molar-refractivity contribution in [3.8, 4) is 0 Å². The van der Waals surface area contributed by atoms with Gasteiger partial charge in [0.2, 0.25) is 0 Å². The quantitative estimate of drug-likeness (QED) is 0.638. The Morgan fingerprint density at radius 2 is 1.39 bits per heavy atom. The fraction of sp³-hybridized carbons (Fsp3) is 0.846. The Kier molecular flexibility index (Phi) is 8.37. The maximum atomic E-state index is 11.2. The molecule has 0 saturated carbocycles. The number of carbonyl (C=O) groups excluding carboxylic acids is 2. The van der Waals surface area contributed by atoms with Gasteiger partial charge in [-0.25, -0.2) is 0 Å². The molecular formula is C13H24O5. The SMILES string of the molecule is CCCC(=O)OCC(C)(CO)COC(=O)CCC. The third-order valence-corrected chi connectivity index (χ3v) is 2.45. The predicted molar refractivity (Wildman–Crippen MR) is 66.9 cm³/mol. The van der Waals surface area contributed by atoms with Gasteiger partial charge in [-0.1, -0.05) is 20.8 Å². The standard InChI is InChI=1S/C13H24O5/c1-4-6-11(15)17-9-13(3,8-14)10-18-12(16)7-5-2/h14H,4-10H2,1-3H3. The van der Waals surface area contributed by atoms with Crippen molar-refractivity contribution in [3.63, 3.8) is 0 Å². The maximum absolute atomic E-state index is 11.2. The fourth-order valence-corrected chi connectivity index (χ4v) is 1.19. The Morgan fingerprint density at radius 1 is 1.00 bits per heavy atom. The molecule has 0 aliphatic heterocycles. The molecule has 0 saturated heterocycles. The first-order valence-corrected chi connectivity index (χ1v) is 6.39. The van der Waals surface area contributed by atoms with E-state index < -0.39 is 5.41 Å². The third kappa shape index (κ3) is 7.27. The van der Waals surface area contributed by atoms with Crippen molar-refractivity contribution in [2.45, 2.75) is 46.5 Å². The van der Waals surface area contributed by atoms with E-state index in [4.69, 9.17) is 9.47 Å². The molecule has 1 N–H and O–H groups in total. The topological polar surface area (TPSA) is 72.8 Å². The fourth-order valence-electron chi connectivity index (χ4n) is 1.19. The van der Waals surface area contributed by atoms with Crippen LogP contribution in [0.5, 0.6) is 0 Å². The van der Waals surface area contributed by atoms with E-state index in [1.165, 1.54) is 0 Å². The summed E-state index contributed by atoms with van der Waals surface area (Å²) in [6.45, 7) is 5.40. The lowest BCUT2D eigenvalue weighted by atomic mass is 9.94. The summed E-state index contributed by atoms with van der Waals surface area (Å²) in [6, 6.07) is 0. The van der Waals surface area contributed by atoms with Crippen LogP contribution in [0.1, 0.15) is 46.5 Å². The highest BCUT2D eigenvalue weighted by atomic mass is 16.5. The van der Waals surface area contributed by atoms with Gasteiger partial charge < -0.3 is 14.6 Å². The van der Waals surface area contributed by atoms with Gasteiger partial charge in [0.05, 0.1) is 12.0 Å². The van der Waals surface area contributed by atoms with Gasteiger partial charge in [-0.05, 0) is 12.8 Å². The van der Waals surface area contributed by atoms with Crippen molar-refractivity contribution in [1.82, 2.24) is 0 Å². The average Bonchev–Trinajstić information content (AvgIpc) is 2.35. The smallest absolute Gasteiger partial charge is 0.305 e. The molecular weight excluding hydrogens is 236 g/mol. The van der Waals surface area contributed by atoms with Gasteiger partial charge in [-0.2, -0.15) is 0 Å². The highest BCUT2D eigenvalue weighted by molar-refractivity contribution is 5.69. The summed E-state index contributed by atoms with van der Waals surface area (Å²) in [4.78, 5) is 22.5. The highest BCUT2D eigenvalue weighted by Gasteiger charge is 2.27. The summed E-state index contributed by atoms with van der Waals surface area (Å²) in [5, 5.41) is 9.29. The molecule has 106 valence electrons. The number of ether oxygens (including phenoxy) is 2. The van der Waals surface area contributed by atoms with Crippen molar-refractivity contribution >= 4 is 11.9 Å². The van der Waals surface area contributed by atoms with E-state index >= 15 is 0 Å². The first-order chi connectivity index (χ1) is 8.47. The lowest BCUT2D eigenvalue weighted by Crippen LogP contribution is -2.35. The van der Waals surface area contributed by atoms with Gasteiger partial charge >= 0.3 is 11.9 Å². The average molecular weight is 260 g/mol. The van der Waals surface area contributed by atoms with E-state index in [0.29, 0.717) is 12.8 Å². The van der Waals surface area contributed by atoms with Crippen LogP contribution in [0.4, 0.5) is 0 Å². The van der Waals surface area contributed by atoms with E-state index in [0.717, 1.165) is 12.8 Å². The summed E-state index contributed by atoms with van der Waals surface area (Å²) in [5.74, 6) is -0.589. The van der Waals surface area contributed by atoms with Crippen LogP contribution >= 0.6 is 0 Å². The maximum Gasteiger partial charge on any atom is 0.305 e. The zero-order chi connectivity index (χ0) is 14.0. The van der Waals surface area contributed by atoms with E-state index in [9.17, 15) is 14.7 Å². The van der Waals surface area contributed by atoms with Gasteiger partial charge in [0, 0.05) is 12.8 Å². The van der Waals surface area contributed by atoms with Crippen molar-refractivity contribution in [2.24, 2.45) is 5.41 Å². The molecule has 0 unspecified atom stereocenters. The summed E-state index contributed by atoms with van der Waals surface area (Å²) >= 11 is 0. The van der Waals surface area contributed by atoms with E-state index in [1.54, 1.807) is 6.92 Å². The van der Waals surface area contributed by atoms with Crippen LogP contribution in [0.25, 0.3) is 0 Å². The van der Waals surface area contributed by atoms with Crippen molar-refractivity contribution in [1.29, 1.82) is 0 Å². The van der Waals surface area contributed by atoms with Crippen LogP contribution in [-0.4, -0.2) is 36.9 Å². The molecule has 0 aromatic carbocycles. The first-order valence-electron chi connectivity index (χ1n) is 6.39. The zero-order valence-electron chi connectivity index (χ0n) is 11.5. The molecule has 0 fully saturated rings. The second-order valence-electron chi connectivity index (χ2n) is 4.79. The lowest BCUT2D eigenvalue weighted by molar-refractivity contribution is -0.155. The molecule has 0 bridgehead atoms. The second kappa shape index (κ2) is 8.91. The van der Waals surface area contributed by atoms with E-state index in [-0.39, 0.29) is 31.8 Å². The number of hydrogen-bond donors (Lipinski definition) is 1. The van der Waals surface area contributed by atoms with Crippen molar-refractivity contribution < 1.29 is 24.2 Å². The number of rotatable bonds is 9. The molecule has 0 aliphatic carbocycles. The van der Waals surface area contributed by atoms with E-state index in [1.807, 2.05) is 13.8 Å². The number of aliphatic hydroxyl groups is 1. The molecule has 0 aromatic rings. The number of esters is 2. The van der Waals surface area contributed by atoms with Crippen LogP contribution < -0.4 is 0 Å². The van der Waals surface area contributed by atoms with Crippen molar-refractivity contribution in [3.05, 3.63) is 0 Å². The minimum Gasteiger partial charge on any atom is -0.465 e. The van der Waals surface area contributed by atoms with Gasteiger partial charge in [-0.15, -0.1) is 0 Å². The van der Waals surface area contributed by atoms with Gasteiger partial charge in [0.15, 0.2) is 0 Å². The van der Waals surface area contributed by atoms with Gasteiger partial charge in [-0.3, -0.25) is 9.59 Å². The van der Waals surface area contributed by atoms with Crippen LogP contribution in [-0.2, 0) is 19.1 Å². The molecule has 0 spiro atoms. The number of aliphatic hydroxyl groups excluding tert-OH is 1. The molecule has 0 heterocycles. The Balaban J connectivity index is 4.09. The molecule has 0 amide bonds. The van der Waals surface area contributed by atoms with Crippen LogP contribution in [0, 0.1) is 5.41 Å². The monoisotopic (exact) mass is 260 g/mol. The van der Waals surface area contributed by atoms with Gasteiger partial charge in [0.25, 0.3) is 0 Å². The molecule has 0 radical (unpaired) electrons. The normalized spacial score (nSPS) is 11.1. The minimum atomic E-state index is -0.729. The Morgan fingerprint density at radius 3 is 1.67 bits per heavy atom. The lowest BCUT2D eigenvalue weighted by Gasteiger charge is -2.26. The largest absolute Gasteiger partial charge is 0.465 e. The zero-order valence-corrected chi connectivity index (χ0v) is 11.5. The summed E-state index contributed by atoms with van der Waals surface area (Å²) in [7, 11) is 0. The molecule has 5 nitrogen and oxygen atoms in total. The molecule has 5 heteroatoms. The number of carbonyl (C=O) groups is 2. The number of hydrogen-bond acceptors (Lipinski definition) is 5. The Bertz CT molecular complexity index is 240. The van der Waals surface area contributed by atoms with Gasteiger partial charge in [0.1, 0.15) is 13.2 Å². The third-order valence-electron chi connectivity index (χ3n) is 2.45. The molecule has 18 heavy (non-hydrogen) atoms. The first kappa shape index (κ1) is 16.9. The Hall–Kier alpha value is -1.10. The highest BCUT2D eigenvalue weighted by Crippen LogP contribution is 2.17. The van der Waals surface area contributed by atoms with Crippen molar-refractivity contribution in [2.75, 3.05) is 19.8 Å². The summed E-state index contributed by atoms with van der Waals surface area (Å²) < 4.78 is 10.1. The summed E-state index contributed by atoms with van der Waals surface area (Å²) in [6.07, 6.45) is 2.16. The Labute approximate surface area is 108 Å². The second-order valence-corrected chi connectivity index (χ2v) is 4.79. The molecule has 0 atom stereocenters.